The highest BCUT2D eigenvalue weighted by molar-refractivity contribution is 7.99. The molecule has 94 valence electrons. The maximum Gasteiger partial charge on any atom is 0.238 e. The molecule has 0 saturated heterocycles. The second kappa shape index (κ2) is 6.37. The van der Waals surface area contributed by atoms with Crippen LogP contribution in [0.25, 0.3) is 0 Å². The minimum atomic E-state index is -0.696. The van der Waals surface area contributed by atoms with E-state index in [4.69, 9.17) is 4.74 Å². The van der Waals surface area contributed by atoms with Crippen molar-refractivity contribution in [3.8, 4) is 5.88 Å². The van der Waals surface area contributed by atoms with E-state index in [0.717, 1.165) is 4.90 Å². The Bertz CT molecular complexity index is 493. The van der Waals surface area contributed by atoms with Gasteiger partial charge in [-0.15, -0.1) is 11.8 Å². The lowest BCUT2D eigenvalue weighted by Gasteiger charge is -2.12. The average molecular weight is 262 g/mol. The van der Waals surface area contributed by atoms with E-state index in [0.29, 0.717) is 17.3 Å². The molecule has 0 aliphatic rings. The number of hydrogen-bond acceptors (Lipinski definition) is 5. The number of methoxy groups -OCH3 is 1. The molecule has 0 aliphatic carbocycles. The van der Waals surface area contributed by atoms with Gasteiger partial charge in [0.25, 0.3) is 0 Å². The van der Waals surface area contributed by atoms with E-state index in [-0.39, 0.29) is 0 Å². The molecule has 2 aromatic rings. The fourth-order valence-corrected chi connectivity index (χ4v) is 2.35. The number of nitrogens with zero attached hydrogens (tertiary/aromatic N) is 2. The Hall–Kier alpha value is -1.59. The van der Waals surface area contributed by atoms with Crippen LogP contribution in [0.4, 0.5) is 0 Å². The van der Waals surface area contributed by atoms with Crippen LogP contribution in [-0.2, 0) is 0 Å². The molecule has 0 bridgehead atoms. The van der Waals surface area contributed by atoms with Gasteiger partial charge in [-0.3, -0.25) is 4.98 Å². The molecule has 1 aromatic carbocycles. The Morgan fingerprint density at radius 2 is 1.94 bits per heavy atom. The van der Waals surface area contributed by atoms with Crippen molar-refractivity contribution >= 4 is 11.8 Å². The largest absolute Gasteiger partial charge is 0.480 e. The van der Waals surface area contributed by atoms with Gasteiger partial charge in [0.15, 0.2) is 0 Å². The van der Waals surface area contributed by atoms with Gasteiger partial charge in [-0.1, -0.05) is 18.2 Å². The standard InChI is InChI=1S/C13H14N2O2S/c1-17-13-12(14-7-8-15-13)11(16)9-18-10-5-3-2-4-6-10/h2-8,11,16H,9H2,1H3. The summed E-state index contributed by atoms with van der Waals surface area (Å²) in [4.78, 5) is 9.24. The van der Waals surface area contributed by atoms with Crippen molar-refractivity contribution < 1.29 is 9.84 Å². The van der Waals surface area contributed by atoms with Crippen LogP contribution in [0.15, 0.2) is 47.6 Å². The maximum absolute atomic E-state index is 10.1. The fourth-order valence-electron chi connectivity index (χ4n) is 1.49. The highest BCUT2D eigenvalue weighted by atomic mass is 32.2. The number of aliphatic hydroxyl groups is 1. The van der Waals surface area contributed by atoms with Gasteiger partial charge in [0.05, 0.1) is 7.11 Å². The summed E-state index contributed by atoms with van der Waals surface area (Å²) in [5.41, 5.74) is 0.475. The number of aliphatic hydroxyl groups excluding tert-OH is 1. The number of aromatic nitrogens is 2. The average Bonchev–Trinajstić information content (AvgIpc) is 2.45. The lowest BCUT2D eigenvalue weighted by atomic mass is 10.3. The molecule has 1 atom stereocenters. The zero-order chi connectivity index (χ0) is 12.8. The summed E-state index contributed by atoms with van der Waals surface area (Å²) >= 11 is 1.57. The molecule has 1 aromatic heterocycles. The minimum Gasteiger partial charge on any atom is -0.480 e. The first-order valence-electron chi connectivity index (χ1n) is 5.52. The Kier molecular flexibility index (Phi) is 4.55. The van der Waals surface area contributed by atoms with Crippen LogP contribution < -0.4 is 4.74 Å². The maximum atomic E-state index is 10.1. The van der Waals surface area contributed by atoms with E-state index in [1.807, 2.05) is 30.3 Å². The van der Waals surface area contributed by atoms with Crippen molar-refractivity contribution in [1.82, 2.24) is 9.97 Å². The summed E-state index contributed by atoms with van der Waals surface area (Å²) in [5.74, 6) is 0.887. The van der Waals surface area contributed by atoms with Crippen LogP contribution in [0.3, 0.4) is 0 Å². The van der Waals surface area contributed by atoms with Gasteiger partial charge in [0.2, 0.25) is 5.88 Å². The van der Waals surface area contributed by atoms with Crippen LogP contribution in [0.5, 0.6) is 5.88 Å². The molecule has 0 spiro atoms. The molecular weight excluding hydrogens is 248 g/mol. The second-order valence-corrected chi connectivity index (χ2v) is 4.68. The molecule has 18 heavy (non-hydrogen) atoms. The monoisotopic (exact) mass is 262 g/mol. The molecule has 0 radical (unpaired) electrons. The highest BCUT2D eigenvalue weighted by Crippen LogP contribution is 2.26. The van der Waals surface area contributed by atoms with Crippen molar-refractivity contribution in [3.05, 3.63) is 48.4 Å². The molecule has 0 fully saturated rings. The molecule has 0 aliphatic heterocycles. The van der Waals surface area contributed by atoms with Crippen LogP contribution in [0.2, 0.25) is 0 Å². The first kappa shape index (κ1) is 12.9. The van der Waals surface area contributed by atoms with Gasteiger partial charge in [0.1, 0.15) is 11.8 Å². The molecule has 2 rings (SSSR count). The van der Waals surface area contributed by atoms with Gasteiger partial charge in [-0.05, 0) is 12.1 Å². The van der Waals surface area contributed by atoms with Crippen LogP contribution >= 0.6 is 11.8 Å². The molecule has 5 heteroatoms. The third kappa shape index (κ3) is 3.21. The number of hydrogen-bond donors (Lipinski definition) is 1. The molecule has 4 nitrogen and oxygen atoms in total. The zero-order valence-electron chi connectivity index (χ0n) is 9.98. The lowest BCUT2D eigenvalue weighted by Crippen LogP contribution is -2.06. The Balaban J connectivity index is 2.01. The summed E-state index contributed by atoms with van der Waals surface area (Å²) in [7, 11) is 1.52. The predicted octanol–water partition coefficient (Wildman–Crippen LogP) is 2.31. The Morgan fingerprint density at radius 1 is 1.22 bits per heavy atom. The van der Waals surface area contributed by atoms with Gasteiger partial charge in [0, 0.05) is 23.0 Å². The number of ether oxygens (including phenoxy) is 1. The smallest absolute Gasteiger partial charge is 0.238 e. The molecular formula is C13H14N2O2S. The number of benzene rings is 1. The van der Waals surface area contributed by atoms with E-state index < -0.39 is 6.10 Å². The van der Waals surface area contributed by atoms with Gasteiger partial charge in [-0.25, -0.2) is 4.98 Å². The molecule has 1 heterocycles. The topological polar surface area (TPSA) is 55.2 Å². The number of rotatable bonds is 5. The first-order valence-corrected chi connectivity index (χ1v) is 6.50. The number of thioether (sulfide) groups is 1. The normalized spacial score (nSPS) is 12.1. The van der Waals surface area contributed by atoms with Crippen molar-refractivity contribution in [3.63, 3.8) is 0 Å². The van der Waals surface area contributed by atoms with E-state index in [2.05, 4.69) is 9.97 Å². The molecule has 0 amide bonds. The second-order valence-electron chi connectivity index (χ2n) is 3.59. The highest BCUT2D eigenvalue weighted by Gasteiger charge is 2.15. The summed E-state index contributed by atoms with van der Waals surface area (Å²) in [6.07, 6.45) is 2.40. The summed E-state index contributed by atoms with van der Waals surface area (Å²) in [6.45, 7) is 0. The van der Waals surface area contributed by atoms with Crippen molar-refractivity contribution in [2.45, 2.75) is 11.0 Å². The van der Waals surface area contributed by atoms with Crippen molar-refractivity contribution in [1.29, 1.82) is 0 Å². The zero-order valence-corrected chi connectivity index (χ0v) is 10.8. The summed E-state index contributed by atoms with van der Waals surface area (Å²) in [5, 5.41) is 10.1. The summed E-state index contributed by atoms with van der Waals surface area (Å²) < 4.78 is 5.08. The third-order valence-corrected chi connectivity index (χ3v) is 3.44. The van der Waals surface area contributed by atoms with Crippen LogP contribution in [0.1, 0.15) is 11.8 Å². The molecule has 1 N–H and O–H groups in total. The Labute approximate surface area is 110 Å². The van der Waals surface area contributed by atoms with E-state index in [9.17, 15) is 5.11 Å². The van der Waals surface area contributed by atoms with Crippen molar-refractivity contribution in [2.75, 3.05) is 12.9 Å². The SMILES string of the molecule is COc1nccnc1C(O)CSc1ccccc1. The molecule has 0 saturated carbocycles. The van der Waals surface area contributed by atoms with E-state index in [1.54, 1.807) is 24.2 Å². The lowest BCUT2D eigenvalue weighted by molar-refractivity contribution is 0.192. The van der Waals surface area contributed by atoms with Crippen molar-refractivity contribution in [2.24, 2.45) is 0 Å². The first-order chi connectivity index (χ1) is 8.81. The quantitative estimate of drug-likeness (QED) is 0.838. The fraction of sp³-hybridized carbons (Fsp3) is 0.231. The molecule has 1 unspecified atom stereocenters. The van der Waals surface area contributed by atoms with Crippen LogP contribution in [-0.4, -0.2) is 27.9 Å². The summed E-state index contributed by atoms with van der Waals surface area (Å²) in [6, 6.07) is 9.91. The predicted molar refractivity (Wildman–Crippen MR) is 70.7 cm³/mol. The minimum absolute atomic E-state index is 0.374. The van der Waals surface area contributed by atoms with Gasteiger partial charge in [-0.2, -0.15) is 0 Å². The third-order valence-electron chi connectivity index (χ3n) is 2.35. The van der Waals surface area contributed by atoms with Gasteiger partial charge < -0.3 is 9.84 Å². The van der Waals surface area contributed by atoms with Gasteiger partial charge >= 0.3 is 0 Å². The van der Waals surface area contributed by atoms with Crippen LogP contribution in [0, 0.1) is 0 Å². The Morgan fingerprint density at radius 3 is 2.67 bits per heavy atom. The van der Waals surface area contributed by atoms with E-state index in [1.165, 1.54) is 7.11 Å². The van der Waals surface area contributed by atoms with E-state index >= 15 is 0 Å².